The van der Waals surface area contributed by atoms with Gasteiger partial charge < -0.3 is 5.73 Å². The molecule has 1 aliphatic rings. The summed E-state index contributed by atoms with van der Waals surface area (Å²) in [5, 5.41) is 0. The molecule has 0 amide bonds. The predicted molar refractivity (Wildman–Crippen MR) is 57.6 cm³/mol. The summed E-state index contributed by atoms with van der Waals surface area (Å²) in [5.41, 5.74) is 5.90. The number of likely N-dealkylation sites (tertiary alicyclic amines) is 1. The molecule has 2 heteroatoms. The van der Waals surface area contributed by atoms with Crippen LogP contribution in [0.1, 0.15) is 34.1 Å². The molecule has 0 radical (unpaired) electrons. The van der Waals surface area contributed by atoms with Gasteiger partial charge in [0.1, 0.15) is 0 Å². The highest BCUT2D eigenvalue weighted by molar-refractivity contribution is 4.84. The lowest BCUT2D eigenvalue weighted by Gasteiger charge is -2.27. The van der Waals surface area contributed by atoms with Gasteiger partial charge in [0.25, 0.3) is 0 Å². The fraction of sp³-hybridized carbons (Fsp3) is 1.00. The van der Waals surface area contributed by atoms with Crippen molar-refractivity contribution >= 4 is 0 Å². The van der Waals surface area contributed by atoms with Gasteiger partial charge in [-0.25, -0.2) is 0 Å². The second-order valence-electron chi connectivity index (χ2n) is 4.89. The Morgan fingerprint density at radius 2 is 1.85 bits per heavy atom. The number of nitrogens with zero attached hydrogens (tertiary/aromatic N) is 1. The summed E-state index contributed by atoms with van der Waals surface area (Å²) in [6.07, 6.45) is 1.36. The second kappa shape index (κ2) is 4.43. The van der Waals surface area contributed by atoms with Crippen molar-refractivity contribution in [3.05, 3.63) is 0 Å². The molecule has 0 bridgehead atoms. The van der Waals surface area contributed by atoms with E-state index in [-0.39, 0.29) is 0 Å². The summed E-state index contributed by atoms with van der Waals surface area (Å²) in [6.45, 7) is 11.5. The minimum atomic E-state index is 0.297. The first kappa shape index (κ1) is 11.0. The number of nitrogens with two attached hydrogens (primary N) is 1. The van der Waals surface area contributed by atoms with Gasteiger partial charge in [0.15, 0.2) is 0 Å². The van der Waals surface area contributed by atoms with Crippen molar-refractivity contribution in [3.8, 4) is 0 Å². The third kappa shape index (κ3) is 2.68. The highest BCUT2D eigenvalue weighted by atomic mass is 15.2. The number of rotatable bonds is 3. The molecule has 2 N–H and O–H groups in total. The van der Waals surface area contributed by atoms with Gasteiger partial charge >= 0.3 is 0 Å². The van der Waals surface area contributed by atoms with Gasteiger partial charge in [0.2, 0.25) is 0 Å². The molecule has 13 heavy (non-hydrogen) atoms. The standard InChI is InChI=1S/C11H24N2/c1-8(2)11-5-6-13(7-11)10(4)9(3)12/h8-11H,5-7,12H2,1-4H3. The maximum Gasteiger partial charge on any atom is 0.0216 e. The topological polar surface area (TPSA) is 29.3 Å². The lowest BCUT2D eigenvalue weighted by molar-refractivity contribution is 0.217. The first-order valence-corrected chi connectivity index (χ1v) is 5.52. The Morgan fingerprint density at radius 1 is 1.23 bits per heavy atom. The highest BCUT2D eigenvalue weighted by Crippen LogP contribution is 2.25. The Labute approximate surface area is 82.5 Å². The highest BCUT2D eigenvalue weighted by Gasteiger charge is 2.28. The SMILES string of the molecule is CC(C)C1CCN(C(C)C(C)N)C1. The van der Waals surface area contributed by atoms with E-state index in [1.807, 2.05) is 0 Å². The zero-order valence-corrected chi connectivity index (χ0v) is 9.46. The molecular formula is C11H24N2. The van der Waals surface area contributed by atoms with E-state index < -0.39 is 0 Å². The minimum Gasteiger partial charge on any atom is -0.327 e. The van der Waals surface area contributed by atoms with Crippen LogP contribution in [0.3, 0.4) is 0 Å². The van der Waals surface area contributed by atoms with Gasteiger partial charge in [-0.3, -0.25) is 4.90 Å². The Bertz CT molecular complexity index is 154. The normalized spacial score (nSPS) is 29.5. The zero-order chi connectivity index (χ0) is 10.0. The Morgan fingerprint density at radius 3 is 2.23 bits per heavy atom. The van der Waals surface area contributed by atoms with Crippen LogP contribution < -0.4 is 5.73 Å². The van der Waals surface area contributed by atoms with Crippen molar-refractivity contribution < 1.29 is 0 Å². The predicted octanol–water partition coefficient (Wildman–Crippen LogP) is 1.70. The number of hydrogen-bond donors (Lipinski definition) is 1. The van der Waals surface area contributed by atoms with E-state index in [0.717, 1.165) is 11.8 Å². The maximum absolute atomic E-state index is 5.90. The maximum atomic E-state index is 5.90. The van der Waals surface area contributed by atoms with Crippen LogP contribution in [0.25, 0.3) is 0 Å². The molecule has 1 heterocycles. The molecule has 3 atom stereocenters. The van der Waals surface area contributed by atoms with Gasteiger partial charge in [0.05, 0.1) is 0 Å². The average Bonchev–Trinajstić information content (AvgIpc) is 2.50. The second-order valence-corrected chi connectivity index (χ2v) is 4.89. The summed E-state index contributed by atoms with van der Waals surface area (Å²) < 4.78 is 0. The summed E-state index contributed by atoms with van der Waals surface area (Å²) >= 11 is 0. The molecule has 1 aliphatic heterocycles. The smallest absolute Gasteiger partial charge is 0.0216 e. The van der Waals surface area contributed by atoms with Gasteiger partial charge in [-0.2, -0.15) is 0 Å². The summed E-state index contributed by atoms with van der Waals surface area (Å²) in [6, 6.07) is 0.842. The first-order chi connectivity index (χ1) is 6.02. The number of hydrogen-bond acceptors (Lipinski definition) is 2. The molecule has 1 fully saturated rings. The minimum absolute atomic E-state index is 0.297. The Hall–Kier alpha value is -0.0800. The van der Waals surface area contributed by atoms with Crippen molar-refractivity contribution in [1.82, 2.24) is 4.90 Å². The van der Waals surface area contributed by atoms with E-state index in [0.29, 0.717) is 12.1 Å². The lowest BCUT2D eigenvalue weighted by atomic mass is 9.95. The van der Waals surface area contributed by atoms with E-state index in [9.17, 15) is 0 Å². The molecule has 0 spiro atoms. The Kier molecular flexibility index (Phi) is 3.74. The quantitative estimate of drug-likeness (QED) is 0.723. The van der Waals surface area contributed by atoms with Crippen LogP contribution in [0.4, 0.5) is 0 Å². The summed E-state index contributed by atoms with van der Waals surface area (Å²) in [5.74, 6) is 1.71. The first-order valence-electron chi connectivity index (χ1n) is 5.52. The largest absolute Gasteiger partial charge is 0.327 e. The van der Waals surface area contributed by atoms with Crippen LogP contribution in [-0.2, 0) is 0 Å². The van der Waals surface area contributed by atoms with E-state index in [2.05, 4.69) is 32.6 Å². The van der Waals surface area contributed by atoms with Gasteiger partial charge in [0, 0.05) is 18.6 Å². The fourth-order valence-electron chi connectivity index (χ4n) is 2.06. The molecule has 1 rings (SSSR count). The van der Waals surface area contributed by atoms with Crippen molar-refractivity contribution in [3.63, 3.8) is 0 Å². The molecule has 0 aromatic heterocycles. The summed E-state index contributed by atoms with van der Waals surface area (Å²) in [7, 11) is 0. The molecule has 2 nitrogen and oxygen atoms in total. The molecular weight excluding hydrogens is 160 g/mol. The van der Waals surface area contributed by atoms with Crippen LogP contribution in [0.2, 0.25) is 0 Å². The van der Waals surface area contributed by atoms with Crippen molar-refractivity contribution in [1.29, 1.82) is 0 Å². The molecule has 0 aromatic carbocycles. The Balaban J connectivity index is 2.40. The molecule has 0 saturated carbocycles. The van der Waals surface area contributed by atoms with E-state index in [1.165, 1.54) is 19.5 Å². The van der Waals surface area contributed by atoms with Crippen molar-refractivity contribution in [2.45, 2.75) is 46.2 Å². The third-order valence-electron chi connectivity index (χ3n) is 3.54. The van der Waals surface area contributed by atoms with Crippen molar-refractivity contribution in [2.24, 2.45) is 17.6 Å². The van der Waals surface area contributed by atoms with Crippen LogP contribution >= 0.6 is 0 Å². The molecule has 0 aliphatic carbocycles. The van der Waals surface area contributed by atoms with E-state index in [4.69, 9.17) is 5.73 Å². The van der Waals surface area contributed by atoms with Gasteiger partial charge in [-0.1, -0.05) is 13.8 Å². The zero-order valence-electron chi connectivity index (χ0n) is 9.46. The third-order valence-corrected chi connectivity index (χ3v) is 3.54. The van der Waals surface area contributed by atoms with Crippen LogP contribution in [0.5, 0.6) is 0 Å². The van der Waals surface area contributed by atoms with E-state index in [1.54, 1.807) is 0 Å². The molecule has 1 saturated heterocycles. The van der Waals surface area contributed by atoms with Crippen molar-refractivity contribution in [2.75, 3.05) is 13.1 Å². The van der Waals surface area contributed by atoms with Crippen LogP contribution in [0, 0.1) is 11.8 Å². The van der Waals surface area contributed by atoms with Gasteiger partial charge in [-0.05, 0) is 38.6 Å². The summed E-state index contributed by atoms with van der Waals surface area (Å²) in [4.78, 5) is 2.54. The van der Waals surface area contributed by atoms with Crippen LogP contribution in [-0.4, -0.2) is 30.1 Å². The van der Waals surface area contributed by atoms with Gasteiger partial charge in [-0.15, -0.1) is 0 Å². The van der Waals surface area contributed by atoms with E-state index >= 15 is 0 Å². The molecule has 78 valence electrons. The molecule has 0 aromatic rings. The van der Waals surface area contributed by atoms with Crippen LogP contribution in [0.15, 0.2) is 0 Å². The monoisotopic (exact) mass is 184 g/mol. The lowest BCUT2D eigenvalue weighted by Crippen LogP contribution is -2.43. The average molecular weight is 184 g/mol. The molecule has 3 unspecified atom stereocenters. The fourth-order valence-corrected chi connectivity index (χ4v) is 2.06.